The highest BCUT2D eigenvalue weighted by atomic mass is 16.5. The normalized spacial score (nSPS) is 20.6. The molecule has 3 aliphatic rings. The van der Waals surface area contributed by atoms with Crippen molar-refractivity contribution >= 4 is 23.0 Å². The number of hydrogen-bond donors (Lipinski definition) is 2. The molecule has 1 aromatic heterocycles. The van der Waals surface area contributed by atoms with Crippen molar-refractivity contribution in [3.8, 4) is 0 Å². The van der Waals surface area contributed by atoms with E-state index >= 15 is 0 Å². The van der Waals surface area contributed by atoms with Crippen LogP contribution in [0.15, 0.2) is 18.2 Å². The van der Waals surface area contributed by atoms with Gasteiger partial charge in [-0.05, 0) is 62.7 Å². The number of benzene rings is 1. The lowest BCUT2D eigenvalue weighted by molar-refractivity contribution is 0.0387. The van der Waals surface area contributed by atoms with Crippen LogP contribution in [-0.2, 0) is 4.74 Å². The third-order valence-corrected chi connectivity index (χ3v) is 8.26. The SMILES string of the molecule is CC(C)c1nc2c(C(=O)NCC3CCN(CC4CCN(C(=O)N5CCOCC5)CC4)CC3)cccc2[nH]1. The Bertz CT molecular complexity index is 1060. The third kappa shape index (κ3) is 6.26. The van der Waals surface area contributed by atoms with Gasteiger partial charge in [0.2, 0.25) is 0 Å². The van der Waals surface area contributed by atoms with Crippen LogP contribution < -0.4 is 5.32 Å². The van der Waals surface area contributed by atoms with Crippen LogP contribution in [0.25, 0.3) is 11.0 Å². The van der Waals surface area contributed by atoms with E-state index in [9.17, 15) is 9.59 Å². The van der Waals surface area contributed by atoms with Crippen LogP contribution in [0.5, 0.6) is 0 Å². The number of nitrogens with one attached hydrogen (secondary N) is 2. The van der Waals surface area contributed by atoms with Crippen molar-refractivity contribution in [2.45, 2.75) is 45.4 Å². The molecule has 0 bridgehead atoms. The summed E-state index contributed by atoms with van der Waals surface area (Å²) in [6.45, 7) is 12.7. The van der Waals surface area contributed by atoms with Gasteiger partial charge in [0.25, 0.3) is 5.91 Å². The third-order valence-electron chi connectivity index (χ3n) is 8.26. The summed E-state index contributed by atoms with van der Waals surface area (Å²) in [7, 11) is 0. The quantitative estimate of drug-likeness (QED) is 0.622. The molecule has 3 fully saturated rings. The second kappa shape index (κ2) is 11.8. The Labute approximate surface area is 219 Å². The molecule has 0 atom stereocenters. The van der Waals surface area contributed by atoms with Crippen LogP contribution in [0, 0.1) is 11.8 Å². The van der Waals surface area contributed by atoms with E-state index < -0.39 is 0 Å². The highest BCUT2D eigenvalue weighted by molar-refractivity contribution is 6.04. The number of H-pyrrole nitrogens is 1. The van der Waals surface area contributed by atoms with Crippen LogP contribution in [0.3, 0.4) is 0 Å². The van der Waals surface area contributed by atoms with Gasteiger partial charge in [0.05, 0.1) is 24.3 Å². The lowest BCUT2D eigenvalue weighted by atomic mass is 9.92. The molecule has 0 saturated carbocycles. The van der Waals surface area contributed by atoms with Crippen molar-refractivity contribution in [2.24, 2.45) is 11.8 Å². The van der Waals surface area contributed by atoms with Crippen molar-refractivity contribution in [3.63, 3.8) is 0 Å². The number of amides is 3. The minimum Gasteiger partial charge on any atom is -0.378 e. The summed E-state index contributed by atoms with van der Waals surface area (Å²) in [4.78, 5) is 40.3. The lowest BCUT2D eigenvalue weighted by Crippen LogP contribution is -2.51. The number of morpholine rings is 1. The number of para-hydroxylation sites is 1. The molecule has 0 aliphatic carbocycles. The zero-order valence-corrected chi connectivity index (χ0v) is 22.4. The van der Waals surface area contributed by atoms with Crippen LogP contribution in [0.2, 0.25) is 0 Å². The second-order valence-electron chi connectivity index (χ2n) is 11.2. The number of imidazole rings is 1. The van der Waals surface area contributed by atoms with E-state index in [1.165, 1.54) is 0 Å². The highest BCUT2D eigenvalue weighted by Gasteiger charge is 2.29. The number of carbonyl (C=O) groups is 2. The van der Waals surface area contributed by atoms with Crippen molar-refractivity contribution in [1.29, 1.82) is 0 Å². The fourth-order valence-corrected chi connectivity index (χ4v) is 5.84. The first-order valence-corrected chi connectivity index (χ1v) is 14.1. The number of ether oxygens (including phenoxy) is 1. The Morgan fingerprint density at radius 2 is 1.68 bits per heavy atom. The Morgan fingerprint density at radius 3 is 2.38 bits per heavy atom. The monoisotopic (exact) mass is 510 g/mol. The molecule has 202 valence electrons. The molecule has 3 amide bonds. The average molecular weight is 511 g/mol. The summed E-state index contributed by atoms with van der Waals surface area (Å²) in [6.07, 6.45) is 4.39. The molecule has 0 radical (unpaired) electrons. The molecule has 2 aromatic rings. The maximum atomic E-state index is 13.0. The number of carbonyl (C=O) groups excluding carboxylic acids is 2. The van der Waals surface area contributed by atoms with Crippen LogP contribution in [0.4, 0.5) is 4.79 Å². The van der Waals surface area contributed by atoms with Gasteiger partial charge < -0.3 is 29.7 Å². The van der Waals surface area contributed by atoms with Crippen LogP contribution >= 0.6 is 0 Å². The first kappa shape index (κ1) is 26.0. The molecule has 0 unspecified atom stereocenters. The van der Waals surface area contributed by atoms with E-state index in [1.54, 1.807) is 0 Å². The minimum absolute atomic E-state index is 0.0341. The topological polar surface area (TPSA) is 93.8 Å². The Hall–Kier alpha value is -2.65. The Balaban J connectivity index is 1.03. The maximum Gasteiger partial charge on any atom is 0.320 e. The van der Waals surface area contributed by atoms with Gasteiger partial charge in [-0.1, -0.05) is 19.9 Å². The van der Waals surface area contributed by atoms with Crippen molar-refractivity contribution < 1.29 is 14.3 Å². The van der Waals surface area contributed by atoms with Crippen molar-refractivity contribution in [1.82, 2.24) is 30.0 Å². The van der Waals surface area contributed by atoms with Crippen molar-refractivity contribution in [3.05, 3.63) is 29.6 Å². The standard InChI is InChI=1S/C28H42N6O3/c1-20(2)26-30-24-5-3-4-23(25(24)31-26)27(35)29-18-21-6-10-32(11-7-21)19-22-8-12-33(13-9-22)28(36)34-14-16-37-17-15-34/h3-5,20-22H,6-19H2,1-2H3,(H,29,35)(H,30,31). The van der Waals surface area contributed by atoms with Gasteiger partial charge in [-0.2, -0.15) is 0 Å². The fraction of sp³-hybridized carbons (Fsp3) is 0.679. The smallest absolute Gasteiger partial charge is 0.320 e. The largest absolute Gasteiger partial charge is 0.378 e. The number of piperidine rings is 2. The summed E-state index contributed by atoms with van der Waals surface area (Å²) in [5.74, 6) is 2.34. The summed E-state index contributed by atoms with van der Waals surface area (Å²) in [5.41, 5.74) is 2.33. The number of rotatable bonds is 6. The minimum atomic E-state index is -0.0341. The summed E-state index contributed by atoms with van der Waals surface area (Å²) in [6, 6.07) is 5.95. The van der Waals surface area contributed by atoms with E-state index in [0.717, 1.165) is 75.3 Å². The maximum absolute atomic E-state index is 13.0. The van der Waals surface area contributed by atoms with E-state index in [4.69, 9.17) is 4.74 Å². The molecule has 0 spiro atoms. The average Bonchev–Trinajstić information content (AvgIpc) is 3.38. The number of fused-ring (bicyclic) bond motifs is 1. The lowest BCUT2D eigenvalue weighted by Gasteiger charge is -2.39. The molecular formula is C28H42N6O3. The van der Waals surface area contributed by atoms with E-state index in [1.807, 2.05) is 28.0 Å². The van der Waals surface area contributed by atoms with Gasteiger partial charge in [0.1, 0.15) is 11.3 Å². The molecule has 4 heterocycles. The molecule has 5 rings (SSSR count). The molecule has 9 heteroatoms. The first-order valence-electron chi connectivity index (χ1n) is 14.1. The molecule has 1 aromatic carbocycles. The molecule has 9 nitrogen and oxygen atoms in total. The van der Waals surface area contributed by atoms with Crippen LogP contribution in [-0.4, -0.2) is 102 Å². The Kier molecular flexibility index (Phi) is 8.30. The van der Waals surface area contributed by atoms with Gasteiger partial charge in [0.15, 0.2) is 0 Å². The molecule has 3 saturated heterocycles. The number of likely N-dealkylation sites (tertiary alicyclic amines) is 2. The van der Waals surface area contributed by atoms with E-state index in [2.05, 4.69) is 34.0 Å². The highest BCUT2D eigenvalue weighted by Crippen LogP contribution is 2.24. The van der Waals surface area contributed by atoms with E-state index in [-0.39, 0.29) is 11.9 Å². The second-order valence-corrected chi connectivity index (χ2v) is 11.2. The number of aromatic amines is 1. The molecule has 3 aliphatic heterocycles. The van der Waals surface area contributed by atoms with Gasteiger partial charge >= 0.3 is 6.03 Å². The molecule has 2 N–H and O–H groups in total. The number of nitrogens with zero attached hydrogens (tertiary/aromatic N) is 4. The number of urea groups is 1. The molecular weight excluding hydrogens is 468 g/mol. The van der Waals surface area contributed by atoms with Gasteiger partial charge in [-0.25, -0.2) is 9.78 Å². The number of hydrogen-bond acceptors (Lipinski definition) is 5. The first-order chi connectivity index (χ1) is 18.0. The fourth-order valence-electron chi connectivity index (χ4n) is 5.84. The van der Waals surface area contributed by atoms with Crippen molar-refractivity contribution in [2.75, 3.05) is 65.6 Å². The molecule has 37 heavy (non-hydrogen) atoms. The van der Waals surface area contributed by atoms with Gasteiger partial charge in [-0.3, -0.25) is 4.79 Å². The summed E-state index contributed by atoms with van der Waals surface area (Å²) in [5, 5.41) is 3.18. The zero-order valence-electron chi connectivity index (χ0n) is 22.4. The Morgan fingerprint density at radius 1 is 1.00 bits per heavy atom. The predicted molar refractivity (Wildman–Crippen MR) is 144 cm³/mol. The zero-order chi connectivity index (χ0) is 25.8. The van der Waals surface area contributed by atoms with Gasteiger partial charge in [-0.15, -0.1) is 0 Å². The summed E-state index contributed by atoms with van der Waals surface area (Å²) >= 11 is 0. The van der Waals surface area contributed by atoms with Gasteiger partial charge in [0, 0.05) is 45.2 Å². The number of aromatic nitrogens is 2. The summed E-state index contributed by atoms with van der Waals surface area (Å²) < 4.78 is 5.37. The van der Waals surface area contributed by atoms with Crippen LogP contribution in [0.1, 0.15) is 61.6 Å². The van der Waals surface area contributed by atoms with E-state index in [0.29, 0.717) is 56.2 Å². The predicted octanol–water partition coefficient (Wildman–Crippen LogP) is 3.29.